The van der Waals surface area contributed by atoms with Gasteiger partial charge in [0.25, 0.3) is 0 Å². The van der Waals surface area contributed by atoms with Crippen molar-refractivity contribution in [1.82, 2.24) is 9.97 Å². The third-order valence-electron chi connectivity index (χ3n) is 4.11. The molecule has 1 aromatic heterocycles. The highest BCUT2D eigenvalue weighted by molar-refractivity contribution is 5.13. The summed E-state index contributed by atoms with van der Waals surface area (Å²) in [6.07, 6.45) is 12.1. The van der Waals surface area contributed by atoms with Crippen LogP contribution in [0.5, 0.6) is 0 Å². The minimum absolute atomic E-state index is 0.0799. The van der Waals surface area contributed by atoms with Crippen molar-refractivity contribution in [3.63, 3.8) is 0 Å². The minimum Gasteiger partial charge on any atom is -0.345 e. The van der Waals surface area contributed by atoms with E-state index in [0.717, 1.165) is 12.8 Å². The molecule has 0 radical (unpaired) electrons. The minimum atomic E-state index is -0.311. The van der Waals surface area contributed by atoms with Gasteiger partial charge in [-0.3, -0.25) is 0 Å². The second-order valence-corrected chi connectivity index (χ2v) is 5.90. The highest BCUT2D eigenvalue weighted by Gasteiger charge is 2.30. The number of halogens is 1. The molecule has 0 aliphatic carbocycles. The van der Waals surface area contributed by atoms with E-state index in [1.807, 2.05) is 0 Å². The fourth-order valence-corrected chi connectivity index (χ4v) is 2.78. The van der Waals surface area contributed by atoms with Gasteiger partial charge >= 0.3 is 0 Å². The lowest BCUT2D eigenvalue weighted by Crippen LogP contribution is -2.24. The smallest absolute Gasteiger partial charge is 0.234 e. The van der Waals surface area contributed by atoms with Crippen molar-refractivity contribution in [3.8, 4) is 0 Å². The summed E-state index contributed by atoms with van der Waals surface area (Å²) in [6, 6.07) is 0. The van der Waals surface area contributed by atoms with E-state index in [1.54, 1.807) is 0 Å². The van der Waals surface area contributed by atoms with Crippen LogP contribution < -0.4 is 0 Å². The Hall–Kier alpha value is -0.860. The fraction of sp³-hybridized carbons (Fsp3) is 0.812. The maximum atomic E-state index is 13.8. The van der Waals surface area contributed by atoms with E-state index in [4.69, 9.17) is 0 Å². The first-order valence-corrected chi connectivity index (χ1v) is 7.83. The normalized spacial score (nSPS) is 14.5. The molecule has 19 heavy (non-hydrogen) atoms. The van der Waals surface area contributed by atoms with Crippen LogP contribution in [-0.4, -0.2) is 9.97 Å². The van der Waals surface area contributed by atoms with E-state index >= 15 is 0 Å². The molecule has 0 aliphatic rings. The summed E-state index contributed by atoms with van der Waals surface area (Å²) in [5.41, 5.74) is 0.629. The molecule has 1 atom stereocenters. The van der Waals surface area contributed by atoms with Crippen molar-refractivity contribution in [2.75, 3.05) is 0 Å². The van der Waals surface area contributed by atoms with Crippen molar-refractivity contribution in [2.24, 2.45) is 0 Å². The second kappa shape index (κ2) is 8.34. The van der Waals surface area contributed by atoms with Crippen LogP contribution in [0.25, 0.3) is 0 Å². The molecular weight excluding hydrogens is 239 g/mol. The van der Waals surface area contributed by atoms with Gasteiger partial charge in [0.15, 0.2) is 0 Å². The number of rotatable bonds is 10. The molecular formula is C16H29FN2. The Morgan fingerprint density at radius 1 is 1.05 bits per heavy atom. The Kier molecular flexibility index (Phi) is 7.11. The number of nitrogens with zero attached hydrogens (tertiary/aromatic N) is 1. The monoisotopic (exact) mass is 268 g/mol. The van der Waals surface area contributed by atoms with E-state index in [9.17, 15) is 4.39 Å². The summed E-state index contributed by atoms with van der Waals surface area (Å²) in [5.74, 6) is -0.311. The maximum absolute atomic E-state index is 13.8. The lowest BCUT2D eigenvalue weighted by molar-refractivity contribution is 0.343. The van der Waals surface area contributed by atoms with Gasteiger partial charge in [0.1, 0.15) is 0 Å². The predicted molar refractivity (Wildman–Crippen MR) is 78.8 cm³/mol. The third-order valence-corrected chi connectivity index (χ3v) is 4.11. The molecule has 0 aromatic carbocycles. The van der Waals surface area contributed by atoms with E-state index in [1.165, 1.54) is 51.3 Å². The average Bonchev–Trinajstić information content (AvgIpc) is 2.82. The molecule has 110 valence electrons. The fourth-order valence-electron chi connectivity index (χ4n) is 2.78. The van der Waals surface area contributed by atoms with Crippen molar-refractivity contribution in [3.05, 3.63) is 18.0 Å². The topological polar surface area (TPSA) is 28.7 Å². The van der Waals surface area contributed by atoms with Crippen LogP contribution in [0.4, 0.5) is 4.39 Å². The Bertz CT molecular complexity index is 348. The second-order valence-electron chi connectivity index (χ2n) is 5.90. The van der Waals surface area contributed by atoms with E-state index in [-0.39, 0.29) is 11.4 Å². The van der Waals surface area contributed by atoms with Crippen LogP contribution in [-0.2, 0) is 5.41 Å². The van der Waals surface area contributed by atoms with Crippen molar-refractivity contribution >= 4 is 0 Å². The standard InChI is InChI=1S/C16H29FN2/c1-4-6-8-10-12-16(3,11-9-7-5-2)14-15(17)19-13-18-14/h13H,4-12H2,1-3H3,(H,18,19). The van der Waals surface area contributed by atoms with Gasteiger partial charge in [-0.05, 0) is 12.8 Å². The maximum Gasteiger partial charge on any atom is 0.234 e. The molecule has 0 saturated heterocycles. The van der Waals surface area contributed by atoms with Gasteiger partial charge < -0.3 is 4.98 Å². The van der Waals surface area contributed by atoms with Crippen LogP contribution in [0.15, 0.2) is 6.33 Å². The quantitative estimate of drug-likeness (QED) is 0.569. The van der Waals surface area contributed by atoms with Gasteiger partial charge in [-0.15, -0.1) is 0 Å². The molecule has 0 saturated carbocycles. The molecule has 1 N–H and O–H groups in total. The zero-order chi connectivity index (χ0) is 14.1. The molecule has 1 unspecified atom stereocenters. The first kappa shape index (κ1) is 16.2. The van der Waals surface area contributed by atoms with Gasteiger partial charge in [-0.2, -0.15) is 4.39 Å². The van der Waals surface area contributed by atoms with E-state index in [2.05, 4.69) is 30.7 Å². The van der Waals surface area contributed by atoms with Gasteiger partial charge in [0.05, 0.1) is 12.0 Å². The number of hydrogen-bond donors (Lipinski definition) is 1. The first-order chi connectivity index (χ1) is 9.14. The first-order valence-electron chi connectivity index (χ1n) is 7.83. The van der Waals surface area contributed by atoms with Crippen LogP contribution in [0.1, 0.15) is 84.3 Å². The number of aromatic nitrogens is 2. The van der Waals surface area contributed by atoms with Crippen LogP contribution in [0.2, 0.25) is 0 Å². The van der Waals surface area contributed by atoms with Crippen LogP contribution in [0, 0.1) is 5.95 Å². The SMILES string of the molecule is CCCCCCC(C)(CCCCC)c1[nH]cnc1F. The molecule has 1 aromatic rings. The van der Waals surface area contributed by atoms with Crippen molar-refractivity contribution in [1.29, 1.82) is 0 Å². The molecule has 2 nitrogen and oxygen atoms in total. The van der Waals surface area contributed by atoms with E-state index < -0.39 is 0 Å². The summed E-state index contributed by atoms with van der Waals surface area (Å²) < 4.78 is 13.8. The molecule has 1 rings (SSSR count). The Balaban J connectivity index is 2.64. The van der Waals surface area contributed by atoms with Gasteiger partial charge in [0.2, 0.25) is 5.95 Å². The summed E-state index contributed by atoms with van der Waals surface area (Å²) >= 11 is 0. The number of unbranched alkanes of at least 4 members (excludes halogenated alkanes) is 5. The Morgan fingerprint density at radius 2 is 1.63 bits per heavy atom. The Morgan fingerprint density at radius 3 is 2.16 bits per heavy atom. The Labute approximate surface area is 117 Å². The summed E-state index contributed by atoms with van der Waals surface area (Å²) in [4.78, 5) is 6.76. The largest absolute Gasteiger partial charge is 0.345 e. The van der Waals surface area contributed by atoms with Crippen molar-refractivity contribution in [2.45, 2.75) is 84.0 Å². The zero-order valence-corrected chi connectivity index (χ0v) is 12.8. The molecule has 0 spiro atoms. The number of aromatic amines is 1. The lowest BCUT2D eigenvalue weighted by Gasteiger charge is -2.28. The average molecular weight is 268 g/mol. The molecule has 0 amide bonds. The van der Waals surface area contributed by atoms with Crippen LogP contribution in [0.3, 0.4) is 0 Å². The number of H-pyrrole nitrogens is 1. The molecule has 0 bridgehead atoms. The summed E-state index contributed by atoms with van der Waals surface area (Å²) in [6.45, 7) is 6.61. The number of nitrogens with one attached hydrogen (secondary N) is 1. The van der Waals surface area contributed by atoms with Crippen LogP contribution >= 0.6 is 0 Å². The van der Waals surface area contributed by atoms with Gasteiger partial charge in [-0.1, -0.05) is 65.7 Å². The summed E-state index contributed by atoms with van der Waals surface area (Å²) in [7, 11) is 0. The third kappa shape index (κ3) is 4.96. The highest BCUT2D eigenvalue weighted by Crippen LogP contribution is 2.35. The van der Waals surface area contributed by atoms with E-state index in [0.29, 0.717) is 5.69 Å². The highest BCUT2D eigenvalue weighted by atomic mass is 19.1. The number of hydrogen-bond acceptors (Lipinski definition) is 1. The van der Waals surface area contributed by atoms with Crippen molar-refractivity contribution < 1.29 is 4.39 Å². The van der Waals surface area contributed by atoms with Gasteiger partial charge in [0, 0.05) is 5.41 Å². The summed E-state index contributed by atoms with van der Waals surface area (Å²) in [5, 5.41) is 0. The molecule has 3 heteroatoms. The molecule has 0 aliphatic heterocycles. The lowest BCUT2D eigenvalue weighted by atomic mass is 9.77. The predicted octanol–water partition coefficient (Wildman–Crippen LogP) is 5.36. The molecule has 0 fully saturated rings. The van der Waals surface area contributed by atoms with Gasteiger partial charge in [-0.25, -0.2) is 4.98 Å². The zero-order valence-electron chi connectivity index (χ0n) is 12.8. The molecule has 1 heterocycles. The number of imidazole rings is 1.